The van der Waals surface area contributed by atoms with E-state index in [9.17, 15) is 19.5 Å². The minimum Gasteiger partial charge on any atom is -0.444 e. The van der Waals surface area contributed by atoms with Gasteiger partial charge in [0.05, 0.1) is 6.61 Å². The zero-order valence-corrected chi connectivity index (χ0v) is 20.8. The molecule has 0 heterocycles. The second kappa shape index (κ2) is 12.4. The molecule has 3 amide bonds. The molecule has 0 saturated heterocycles. The van der Waals surface area contributed by atoms with Crippen LogP contribution in [0, 0.1) is 0 Å². The van der Waals surface area contributed by atoms with Crippen molar-refractivity contribution in [2.75, 3.05) is 6.61 Å². The Labute approximate surface area is 197 Å². The molecule has 8 heteroatoms. The largest absolute Gasteiger partial charge is 0.444 e. The number of carbonyl (C=O) groups excluding carboxylic acids is 3. The molecule has 0 aliphatic carbocycles. The van der Waals surface area contributed by atoms with Gasteiger partial charge >= 0.3 is 6.09 Å². The molecule has 1 rings (SSSR count). The van der Waals surface area contributed by atoms with Gasteiger partial charge in [-0.15, -0.1) is 0 Å². The molecule has 0 bridgehead atoms. The van der Waals surface area contributed by atoms with Crippen LogP contribution in [0.25, 0.3) is 6.08 Å². The van der Waals surface area contributed by atoms with Crippen molar-refractivity contribution in [2.24, 2.45) is 0 Å². The average Bonchev–Trinajstić information content (AvgIpc) is 2.72. The number of rotatable bonds is 10. The topological polar surface area (TPSA) is 108 Å². The van der Waals surface area contributed by atoms with Crippen molar-refractivity contribution < 1.29 is 24.2 Å². The quantitative estimate of drug-likeness (QED) is 0.495. The Kier molecular flexibility index (Phi) is 10.6. The molecule has 0 spiro atoms. The first kappa shape index (κ1) is 28.2. The second-order valence-corrected chi connectivity index (χ2v) is 9.32. The first-order valence-electron chi connectivity index (χ1n) is 11.3. The number of carbonyl (C=O) groups is 3. The third-order valence-corrected chi connectivity index (χ3v) is 4.91. The van der Waals surface area contributed by atoms with E-state index in [1.807, 2.05) is 33.8 Å². The van der Waals surface area contributed by atoms with Crippen LogP contribution in [-0.4, -0.2) is 58.2 Å². The summed E-state index contributed by atoms with van der Waals surface area (Å²) in [7, 11) is 0. The van der Waals surface area contributed by atoms with Crippen molar-refractivity contribution in [1.82, 2.24) is 15.5 Å². The van der Waals surface area contributed by atoms with Crippen LogP contribution in [0.4, 0.5) is 4.79 Å². The first-order chi connectivity index (χ1) is 15.3. The number of amides is 3. The average molecular weight is 462 g/mol. The van der Waals surface area contributed by atoms with E-state index in [1.165, 1.54) is 4.90 Å². The molecular weight excluding hydrogens is 422 g/mol. The van der Waals surface area contributed by atoms with Crippen molar-refractivity contribution in [3.63, 3.8) is 0 Å². The summed E-state index contributed by atoms with van der Waals surface area (Å²) in [6.07, 6.45) is 1.40. The zero-order chi connectivity index (χ0) is 25.3. The van der Waals surface area contributed by atoms with E-state index in [0.29, 0.717) is 12.0 Å². The van der Waals surface area contributed by atoms with Crippen LogP contribution in [0.3, 0.4) is 0 Å². The third kappa shape index (κ3) is 8.53. The van der Waals surface area contributed by atoms with Gasteiger partial charge in [-0.2, -0.15) is 0 Å². The monoisotopic (exact) mass is 461 g/mol. The number of hydrogen-bond acceptors (Lipinski definition) is 5. The standard InChI is InChI=1S/C25H39N3O5/c1-9-17(5)28(23(31)20(15-29)27-24(32)33-25(6,7)8)21(22(30)26-16(3)4)19-13-11-12-18(10-2)14-19/h10-14,16-17,20-21,29H,2,9,15H2,1,3-8H3,(H,26,30)(H,27,32). The summed E-state index contributed by atoms with van der Waals surface area (Å²) in [5.41, 5.74) is 0.638. The molecule has 0 saturated carbocycles. The summed E-state index contributed by atoms with van der Waals surface area (Å²) in [6, 6.07) is 4.47. The highest BCUT2D eigenvalue weighted by Gasteiger charge is 2.38. The predicted molar refractivity (Wildman–Crippen MR) is 129 cm³/mol. The predicted octanol–water partition coefficient (Wildman–Crippen LogP) is 3.41. The van der Waals surface area contributed by atoms with Crippen molar-refractivity contribution >= 4 is 24.0 Å². The number of alkyl carbamates (subject to hydrolysis) is 1. The Bertz CT molecular complexity index is 832. The fraction of sp³-hybridized carbons (Fsp3) is 0.560. The van der Waals surface area contributed by atoms with Crippen LogP contribution in [-0.2, 0) is 14.3 Å². The normalized spacial score (nSPS) is 14.1. The van der Waals surface area contributed by atoms with E-state index in [4.69, 9.17) is 4.74 Å². The van der Waals surface area contributed by atoms with Crippen molar-refractivity contribution in [2.45, 2.75) is 84.7 Å². The summed E-state index contributed by atoms with van der Waals surface area (Å²) >= 11 is 0. The van der Waals surface area contributed by atoms with E-state index < -0.39 is 36.3 Å². The van der Waals surface area contributed by atoms with Crippen LogP contribution in [0.1, 0.15) is 72.1 Å². The number of ether oxygens (including phenoxy) is 1. The molecule has 8 nitrogen and oxygen atoms in total. The summed E-state index contributed by atoms with van der Waals surface area (Å²) in [6.45, 7) is 15.6. The molecule has 3 unspecified atom stereocenters. The molecule has 3 atom stereocenters. The first-order valence-corrected chi connectivity index (χ1v) is 11.3. The Balaban J connectivity index is 3.46. The lowest BCUT2D eigenvalue weighted by Crippen LogP contribution is -2.57. The molecule has 184 valence electrons. The van der Waals surface area contributed by atoms with Crippen molar-refractivity contribution in [3.8, 4) is 0 Å². The molecule has 3 N–H and O–H groups in total. The summed E-state index contributed by atoms with van der Waals surface area (Å²) in [5.74, 6) is -0.931. The summed E-state index contributed by atoms with van der Waals surface area (Å²) in [4.78, 5) is 40.7. The number of hydrogen-bond donors (Lipinski definition) is 3. The van der Waals surface area contributed by atoms with Crippen LogP contribution >= 0.6 is 0 Å². The third-order valence-electron chi connectivity index (χ3n) is 4.91. The highest BCUT2D eigenvalue weighted by molar-refractivity contribution is 5.92. The van der Waals surface area contributed by atoms with Gasteiger partial charge in [-0.05, 0) is 65.2 Å². The molecule has 0 aromatic heterocycles. The minimum atomic E-state index is -1.27. The lowest BCUT2D eigenvalue weighted by molar-refractivity contribution is -0.146. The maximum Gasteiger partial charge on any atom is 0.408 e. The van der Waals surface area contributed by atoms with E-state index in [2.05, 4.69) is 17.2 Å². The molecule has 0 aliphatic heterocycles. The Morgan fingerprint density at radius 2 is 1.82 bits per heavy atom. The van der Waals surface area contributed by atoms with Crippen LogP contribution in [0.2, 0.25) is 0 Å². The lowest BCUT2D eigenvalue weighted by atomic mass is 9.98. The van der Waals surface area contributed by atoms with Gasteiger partial charge in [0.25, 0.3) is 0 Å². The molecule has 1 aromatic rings. The van der Waals surface area contributed by atoms with Gasteiger partial charge in [-0.1, -0.05) is 37.8 Å². The minimum absolute atomic E-state index is 0.148. The molecule has 33 heavy (non-hydrogen) atoms. The van der Waals surface area contributed by atoms with Gasteiger partial charge in [-0.3, -0.25) is 9.59 Å². The van der Waals surface area contributed by atoms with Crippen LogP contribution in [0.5, 0.6) is 0 Å². The number of nitrogens with zero attached hydrogens (tertiary/aromatic N) is 1. The Morgan fingerprint density at radius 1 is 1.18 bits per heavy atom. The Morgan fingerprint density at radius 3 is 2.30 bits per heavy atom. The maximum atomic E-state index is 13.6. The van der Waals surface area contributed by atoms with Crippen LogP contribution < -0.4 is 10.6 Å². The molecule has 0 aliphatic rings. The van der Waals surface area contributed by atoms with Crippen LogP contribution in [0.15, 0.2) is 30.8 Å². The molecule has 0 fully saturated rings. The lowest BCUT2D eigenvalue weighted by Gasteiger charge is -2.38. The summed E-state index contributed by atoms with van der Waals surface area (Å²) < 4.78 is 5.24. The molecule has 0 radical (unpaired) electrons. The Hall–Kier alpha value is -2.87. The zero-order valence-electron chi connectivity index (χ0n) is 20.8. The van der Waals surface area contributed by atoms with E-state index in [-0.39, 0.29) is 18.0 Å². The van der Waals surface area contributed by atoms with Crippen molar-refractivity contribution in [3.05, 3.63) is 42.0 Å². The van der Waals surface area contributed by atoms with E-state index in [0.717, 1.165) is 5.56 Å². The SMILES string of the molecule is C=Cc1cccc(C(C(=O)NC(C)C)N(C(=O)C(CO)NC(=O)OC(C)(C)C)C(C)CC)c1. The number of nitrogens with one attached hydrogen (secondary N) is 2. The number of benzene rings is 1. The fourth-order valence-electron chi connectivity index (χ4n) is 3.27. The maximum absolute atomic E-state index is 13.6. The second-order valence-electron chi connectivity index (χ2n) is 9.32. The highest BCUT2D eigenvalue weighted by Crippen LogP contribution is 2.27. The molecular formula is C25H39N3O5. The summed E-state index contributed by atoms with van der Waals surface area (Å²) in [5, 5.41) is 15.3. The fourth-order valence-corrected chi connectivity index (χ4v) is 3.27. The van der Waals surface area contributed by atoms with Gasteiger partial charge in [0.2, 0.25) is 11.8 Å². The number of aliphatic hydroxyl groups excluding tert-OH is 1. The van der Waals surface area contributed by atoms with Gasteiger partial charge in [0.1, 0.15) is 17.7 Å². The van der Waals surface area contributed by atoms with Crippen molar-refractivity contribution in [1.29, 1.82) is 0 Å². The van der Waals surface area contributed by atoms with Gasteiger partial charge < -0.3 is 25.4 Å². The van der Waals surface area contributed by atoms with E-state index in [1.54, 1.807) is 45.0 Å². The van der Waals surface area contributed by atoms with E-state index >= 15 is 0 Å². The molecule has 1 aromatic carbocycles. The van der Waals surface area contributed by atoms with Gasteiger partial charge in [-0.25, -0.2) is 4.79 Å². The smallest absolute Gasteiger partial charge is 0.408 e. The highest BCUT2D eigenvalue weighted by atomic mass is 16.6. The number of aliphatic hydroxyl groups is 1. The van der Waals surface area contributed by atoms with Gasteiger partial charge in [0.15, 0.2) is 0 Å². The van der Waals surface area contributed by atoms with Gasteiger partial charge in [0, 0.05) is 12.1 Å².